The predicted molar refractivity (Wildman–Crippen MR) is 50.5 cm³/mol. The molecule has 0 radical (unpaired) electrons. The molecule has 0 saturated heterocycles. The molecular formula is C9H17BO2. The lowest BCUT2D eigenvalue weighted by Gasteiger charge is -2.20. The van der Waals surface area contributed by atoms with Gasteiger partial charge in [0.25, 0.3) is 0 Å². The zero-order chi connectivity index (χ0) is 8.97. The van der Waals surface area contributed by atoms with Gasteiger partial charge in [-0.2, -0.15) is 0 Å². The highest BCUT2D eigenvalue weighted by atomic mass is 16.4. The molecule has 68 valence electrons. The summed E-state index contributed by atoms with van der Waals surface area (Å²) in [7, 11) is -1.22. The van der Waals surface area contributed by atoms with E-state index in [-0.39, 0.29) is 0 Å². The Morgan fingerprint density at radius 2 is 2.33 bits per heavy atom. The third-order valence-electron chi connectivity index (χ3n) is 2.58. The van der Waals surface area contributed by atoms with Gasteiger partial charge in [0.1, 0.15) is 0 Å². The van der Waals surface area contributed by atoms with Crippen LogP contribution in [0.1, 0.15) is 39.0 Å². The minimum absolute atomic E-state index is 0.775. The lowest BCUT2D eigenvalue weighted by atomic mass is 9.71. The van der Waals surface area contributed by atoms with Crippen LogP contribution in [-0.4, -0.2) is 17.2 Å². The van der Waals surface area contributed by atoms with Crippen LogP contribution in [0.4, 0.5) is 0 Å². The monoisotopic (exact) mass is 168 g/mol. The minimum Gasteiger partial charge on any atom is -0.423 e. The Hall–Kier alpha value is -0.275. The summed E-state index contributed by atoms with van der Waals surface area (Å²) < 4.78 is 0. The standard InChI is InChI=1S/C9H17BO2/c1-2-3-8-4-6-9(7-5-8)10(11)12/h6,8,11-12H,2-5,7H2,1H3. The van der Waals surface area contributed by atoms with Crippen LogP contribution < -0.4 is 0 Å². The molecule has 0 amide bonds. The fourth-order valence-electron chi connectivity index (χ4n) is 1.81. The quantitative estimate of drug-likeness (QED) is 0.627. The van der Waals surface area contributed by atoms with Crippen LogP contribution in [-0.2, 0) is 0 Å². The summed E-state index contributed by atoms with van der Waals surface area (Å²) in [5.74, 6) is 0.775. The molecule has 1 unspecified atom stereocenters. The summed E-state index contributed by atoms with van der Waals surface area (Å²) in [6, 6.07) is 0. The second-order valence-electron chi connectivity index (χ2n) is 3.58. The van der Waals surface area contributed by atoms with Crippen LogP contribution in [0, 0.1) is 5.92 Å². The third kappa shape index (κ3) is 2.65. The van der Waals surface area contributed by atoms with Gasteiger partial charge in [0.15, 0.2) is 0 Å². The molecule has 3 heteroatoms. The molecule has 0 saturated carbocycles. The molecule has 0 aromatic carbocycles. The van der Waals surface area contributed by atoms with Crippen molar-refractivity contribution in [2.24, 2.45) is 5.92 Å². The molecule has 0 aliphatic heterocycles. The van der Waals surface area contributed by atoms with Gasteiger partial charge >= 0.3 is 7.12 Å². The molecule has 0 bridgehead atoms. The largest absolute Gasteiger partial charge is 0.483 e. The molecule has 2 nitrogen and oxygen atoms in total. The lowest BCUT2D eigenvalue weighted by molar-refractivity contribution is 0.396. The Balaban J connectivity index is 2.37. The van der Waals surface area contributed by atoms with Crippen LogP contribution in [0.3, 0.4) is 0 Å². The van der Waals surface area contributed by atoms with E-state index in [1.54, 1.807) is 0 Å². The van der Waals surface area contributed by atoms with E-state index in [1.165, 1.54) is 12.8 Å². The molecule has 0 spiro atoms. The van der Waals surface area contributed by atoms with Crippen molar-refractivity contribution in [1.82, 2.24) is 0 Å². The van der Waals surface area contributed by atoms with Crippen molar-refractivity contribution in [1.29, 1.82) is 0 Å². The van der Waals surface area contributed by atoms with E-state index >= 15 is 0 Å². The molecule has 2 N–H and O–H groups in total. The second kappa shape index (κ2) is 4.68. The van der Waals surface area contributed by atoms with E-state index < -0.39 is 7.12 Å². The molecular weight excluding hydrogens is 151 g/mol. The van der Waals surface area contributed by atoms with E-state index in [9.17, 15) is 0 Å². The van der Waals surface area contributed by atoms with Gasteiger partial charge in [0.2, 0.25) is 0 Å². The van der Waals surface area contributed by atoms with E-state index in [0.717, 1.165) is 30.7 Å². The van der Waals surface area contributed by atoms with Gasteiger partial charge in [-0.25, -0.2) is 0 Å². The first-order chi connectivity index (χ1) is 5.74. The van der Waals surface area contributed by atoms with E-state index in [4.69, 9.17) is 10.0 Å². The Kier molecular flexibility index (Phi) is 3.82. The molecule has 0 aromatic rings. The molecule has 12 heavy (non-hydrogen) atoms. The molecule has 1 aliphatic rings. The van der Waals surface area contributed by atoms with E-state index in [0.29, 0.717) is 0 Å². The zero-order valence-electron chi connectivity index (χ0n) is 7.66. The first-order valence-corrected chi connectivity index (χ1v) is 4.79. The fourth-order valence-corrected chi connectivity index (χ4v) is 1.81. The van der Waals surface area contributed by atoms with Gasteiger partial charge in [0.05, 0.1) is 0 Å². The molecule has 1 atom stereocenters. The maximum absolute atomic E-state index is 8.88. The topological polar surface area (TPSA) is 40.5 Å². The first-order valence-electron chi connectivity index (χ1n) is 4.79. The Morgan fingerprint density at radius 3 is 2.75 bits per heavy atom. The average Bonchev–Trinajstić information content (AvgIpc) is 2.06. The summed E-state index contributed by atoms with van der Waals surface area (Å²) in [5.41, 5.74) is 0.808. The second-order valence-corrected chi connectivity index (χ2v) is 3.58. The molecule has 0 heterocycles. The van der Waals surface area contributed by atoms with Gasteiger partial charge in [-0.05, 0) is 30.7 Å². The summed E-state index contributed by atoms with van der Waals surface area (Å²) in [6.45, 7) is 2.19. The molecule has 0 aromatic heterocycles. The van der Waals surface area contributed by atoms with Crippen molar-refractivity contribution >= 4 is 7.12 Å². The van der Waals surface area contributed by atoms with Gasteiger partial charge in [-0.1, -0.05) is 25.8 Å². The van der Waals surface area contributed by atoms with Gasteiger partial charge in [-0.15, -0.1) is 0 Å². The van der Waals surface area contributed by atoms with E-state index in [1.807, 2.05) is 6.08 Å². The number of rotatable bonds is 3. The van der Waals surface area contributed by atoms with E-state index in [2.05, 4.69) is 6.92 Å². The highest BCUT2D eigenvalue weighted by molar-refractivity contribution is 6.50. The van der Waals surface area contributed by atoms with Crippen molar-refractivity contribution < 1.29 is 10.0 Å². The summed E-state index contributed by atoms with van der Waals surface area (Å²) in [5, 5.41) is 17.8. The summed E-state index contributed by atoms with van der Waals surface area (Å²) in [6.07, 6.45) is 7.51. The smallest absolute Gasteiger partial charge is 0.423 e. The Morgan fingerprint density at radius 1 is 1.58 bits per heavy atom. The van der Waals surface area contributed by atoms with Crippen molar-refractivity contribution in [2.45, 2.75) is 39.0 Å². The van der Waals surface area contributed by atoms with Crippen LogP contribution in [0.2, 0.25) is 0 Å². The van der Waals surface area contributed by atoms with Crippen LogP contribution >= 0.6 is 0 Å². The van der Waals surface area contributed by atoms with Crippen molar-refractivity contribution in [3.8, 4) is 0 Å². The third-order valence-corrected chi connectivity index (χ3v) is 2.58. The van der Waals surface area contributed by atoms with Crippen molar-refractivity contribution in [3.05, 3.63) is 11.5 Å². The van der Waals surface area contributed by atoms with Crippen LogP contribution in [0.25, 0.3) is 0 Å². The zero-order valence-corrected chi connectivity index (χ0v) is 7.66. The Bertz CT molecular complexity index is 166. The SMILES string of the molecule is CCCC1CC=C(B(O)O)CC1. The van der Waals surface area contributed by atoms with Crippen LogP contribution in [0.15, 0.2) is 11.5 Å². The number of hydrogen-bond donors (Lipinski definition) is 2. The summed E-state index contributed by atoms with van der Waals surface area (Å²) in [4.78, 5) is 0. The number of allylic oxidation sites excluding steroid dienone is 2. The fraction of sp³-hybridized carbons (Fsp3) is 0.778. The highest BCUT2D eigenvalue weighted by Gasteiger charge is 2.20. The maximum atomic E-state index is 8.88. The minimum atomic E-state index is -1.22. The maximum Gasteiger partial charge on any atom is 0.483 e. The normalized spacial score (nSPS) is 23.6. The van der Waals surface area contributed by atoms with Gasteiger partial charge in [0, 0.05) is 0 Å². The van der Waals surface area contributed by atoms with Crippen LogP contribution in [0.5, 0.6) is 0 Å². The molecule has 1 aliphatic carbocycles. The van der Waals surface area contributed by atoms with Crippen molar-refractivity contribution in [2.75, 3.05) is 0 Å². The van der Waals surface area contributed by atoms with Crippen molar-refractivity contribution in [3.63, 3.8) is 0 Å². The van der Waals surface area contributed by atoms with Gasteiger partial charge < -0.3 is 10.0 Å². The van der Waals surface area contributed by atoms with Gasteiger partial charge in [-0.3, -0.25) is 0 Å². The molecule has 1 rings (SSSR count). The lowest BCUT2D eigenvalue weighted by Crippen LogP contribution is -2.19. The Labute approximate surface area is 74.4 Å². The average molecular weight is 168 g/mol. The molecule has 0 fully saturated rings. The summed E-state index contributed by atoms with van der Waals surface area (Å²) >= 11 is 0. The first kappa shape index (κ1) is 9.81. The predicted octanol–water partition coefficient (Wildman–Crippen LogP) is 1.52. The highest BCUT2D eigenvalue weighted by Crippen LogP contribution is 2.27. The number of hydrogen-bond acceptors (Lipinski definition) is 2.